The molecule has 7 aromatic rings. The number of fused-ring (bicyclic) bond motifs is 3. The van der Waals surface area contributed by atoms with Crippen LogP contribution in [0.25, 0.3) is 49.9 Å². The van der Waals surface area contributed by atoms with Gasteiger partial charge in [-0.1, -0.05) is 36.4 Å². The van der Waals surface area contributed by atoms with Gasteiger partial charge in [0.25, 0.3) is 5.56 Å². The summed E-state index contributed by atoms with van der Waals surface area (Å²) in [6, 6.07) is 21.2. The molecular formula is C32H26N8O3. The molecule has 0 saturated carbocycles. The SMILES string of the molecule is CC(=O)Nc1nc2cc(-c3nn(Cc4cc5cccc(C)c5c(=O)n4-c4ccccc4C)c4ncnc(N)c34)ccc2o1. The number of nitrogens with one attached hydrogen (secondary N) is 1. The minimum Gasteiger partial charge on any atom is -0.423 e. The lowest BCUT2D eigenvalue weighted by Crippen LogP contribution is -2.25. The van der Waals surface area contributed by atoms with Crippen LogP contribution in [-0.4, -0.2) is 35.2 Å². The number of rotatable bonds is 5. The van der Waals surface area contributed by atoms with Crippen LogP contribution in [0.4, 0.5) is 11.8 Å². The molecule has 3 N–H and O–H groups in total. The van der Waals surface area contributed by atoms with Crippen molar-refractivity contribution in [3.63, 3.8) is 0 Å². The van der Waals surface area contributed by atoms with Crippen molar-refractivity contribution in [2.75, 3.05) is 11.1 Å². The van der Waals surface area contributed by atoms with Gasteiger partial charge in [-0.15, -0.1) is 0 Å². The van der Waals surface area contributed by atoms with Crippen LogP contribution in [-0.2, 0) is 11.3 Å². The molecule has 0 radical (unpaired) electrons. The van der Waals surface area contributed by atoms with Crippen molar-refractivity contribution >= 4 is 50.6 Å². The third-order valence-electron chi connectivity index (χ3n) is 7.50. The molecule has 7 rings (SSSR count). The number of pyridine rings is 1. The molecule has 0 fully saturated rings. The van der Waals surface area contributed by atoms with E-state index in [9.17, 15) is 9.59 Å². The molecule has 3 aromatic carbocycles. The fourth-order valence-corrected chi connectivity index (χ4v) is 5.56. The minimum atomic E-state index is -0.283. The summed E-state index contributed by atoms with van der Waals surface area (Å²) in [5, 5.41) is 9.62. The topological polar surface area (TPSA) is 147 Å². The first kappa shape index (κ1) is 26.1. The third kappa shape index (κ3) is 4.38. The second-order valence-corrected chi connectivity index (χ2v) is 10.4. The first-order valence-corrected chi connectivity index (χ1v) is 13.6. The Hall–Kier alpha value is -5.84. The number of amides is 1. The van der Waals surface area contributed by atoms with Crippen LogP contribution in [0, 0.1) is 13.8 Å². The summed E-state index contributed by atoms with van der Waals surface area (Å²) in [7, 11) is 0. The Morgan fingerprint density at radius 2 is 1.79 bits per heavy atom. The van der Waals surface area contributed by atoms with Crippen molar-refractivity contribution in [3.8, 4) is 16.9 Å². The Labute approximate surface area is 244 Å². The van der Waals surface area contributed by atoms with Gasteiger partial charge in [-0.25, -0.2) is 14.6 Å². The molecule has 0 saturated heterocycles. The minimum absolute atomic E-state index is 0.0998. The van der Waals surface area contributed by atoms with Crippen LogP contribution in [0.2, 0.25) is 0 Å². The van der Waals surface area contributed by atoms with Crippen molar-refractivity contribution in [2.24, 2.45) is 0 Å². The molecular weight excluding hydrogens is 544 g/mol. The van der Waals surface area contributed by atoms with E-state index in [0.717, 1.165) is 27.9 Å². The number of carbonyl (C=O) groups is 1. The largest absolute Gasteiger partial charge is 0.423 e. The molecule has 1 amide bonds. The number of hydrogen-bond acceptors (Lipinski definition) is 8. The molecule has 4 aromatic heterocycles. The zero-order valence-electron chi connectivity index (χ0n) is 23.6. The normalized spacial score (nSPS) is 11.5. The third-order valence-corrected chi connectivity index (χ3v) is 7.50. The van der Waals surface area contributed by atoms with Crippen molar-refractivity contribution in [1.29, 1.82) is 0 Å². The highest BCUT2D eigenvalue weighted by Gasteiger charge is 2.21. The van der Waals surface area contributed by atoms with E-state index in [-0.39, 0.29) is 29.8 Å². The zero-order chi connectivity index (χ0) is 29.8. The van der Waals surface area contributed by atoms with E-state index in [4.69, 9.17) is 15.2 Å². The fraction of sp³-hybridized carbons (Fsp3) is 0.125. The van der Waals surface area contributed by atoms with Crippen molar-refractivity contribution in [3.05, 3.63) is 100 Å². The fourth-order valence-electron chi connectivity index (χ4n) is 5.56. The average molecular weight is 571 g/mol. The van der Waals surface area contributed by atoms with E-state index in [1.54, 1.807) is 15.3 Å². The zero-order valence-corrected chi connectivity index (χ0v) is 23.6. The summed E-state index contributed by atoms with van der Waals surface area (Å²) in [6.07, 6.45) is 1.40. The molecule has 43 heavy (non-hydrogen) atoms. The lowest BCUT2D eigenvalue weighted by atomic mass is 10.1. The Kier molecular flexibility index (Phi) is 6.01. The number of para-hydroxylation sites is 1. The summed E-state index contributed by atoms with van der Waals surface area (Å²) in [6.45, 7) is 5.56. The molecule has 0 atom stereocenters. The van der Waals surface area contributed by atoms with E-state index in [0.29, 0.717) is 38.8 Å². The number of nitrogens with zero attached hydrogens (tertiary/aromatic N) is 6. The Balaban J connectivity index is 1.43. The predicted molar refractivity (Wildman–Crippen MR) is 165 cm³/mol. The van der Waals surface area contributed by atoms with Gasteiger partial charge < -0.3 is 10.2 Å². The van der Waals surface area contributed by atoms with Gasteiger partial charge in [0.1, 0.15) is 23.4 Å². The summed E-state index contributed by atoms with van der Waals surface area (Å²) in [5.41, 5.74) is 12.5. The number of hydrogen-bond donors (Lipinski definition) is 2. The van der Waals surface area contributed by atoms with E-state index in [1.165, 1.54) is 13.3 Å². The molecule has 212 valence electrons. The highest BCUT2D eigenvalue weighted by molar-refractivity contribution is 5.99. The lowest BCUT2D eigenvalue weighted by molar-refractivity contribution is -0.114. The van der Waals surface area contributed by atoms with Crippen LogP contribution in [0.1, 0.15) is 23.7 Å². The van der Waals surface area contributed by atoms with E-state index >= 15 is 0 Å². The lowest BCUT2D eigenvalue weighted by Gasteiger charge is -2.17. The predicted octanol–water partition coefficient (Wildman–Crippen LogP) is 5.14. The second kappa shape index (κ2) is 9.91. The first-order chi connectivity index (χ1) is 20.8. The van der Waals surface area contributed by atoms with E-state index in [2.05, 4.69) is 20.3 Å². The highest BCUT2D eigenvalue weighted by atomic mass is 16.4. The number of nitrogens with two attached hydrogens (primary N) is 1. The van der Waals surface area contributed by atoms with Gasteiger partial charge in [0.05, 0.1) is 23.0 Å². The van der Waals surface area contributed by atoms with Crippen molar-refractivity contribution in [2.45, 2.75) is 27.3 Å². The molecule has 11 nitrogen and oxygen atoms in total. The van der Waals surface area contributed by atoms with Crippen LogP contribution < -0.4 is 16.6 Å². The maximum atomic E-state index is 14.1. The standard InChI is InChI=1S/C32H26N8O3/c1-17-7-4-5-10-24(17)40-22(13-20-9-6-8-18(2)26(20)31(40)42)15-39-30-27(29(33)34-16-35-30)28(38-39)21-11-12-25-23(14-21)37-32(43-25)36-19(3)41/h4-14,16H,15H2,1-3H3,(H2,33,34,35)(H,36,37,41). The van der Waals surface area contributed by atoms with Crippen LogP contribution >= 0.6 is 0 Å². The van der Waals surface area contributed by atoms with Gasteiger partial charge >= 0.3 is 6.01 Å². The first-order valence-electron chi connectivity index (χ1n) is 13.6. The van der Waals surface area contributed by atoms with Crippen molar-refractivity contribution < 1.29 is 9.21 Å². The molecule has 0 unspecified atom stereocenters. The molecule has 0 spiro atoms. The molecule has 0 bridgehead atoms. The Morgan fingerprint density at radius 1 is 0.977 bits per heavy atom. The Morgan fingerprint density at radius 3 is 2.60 bits per heavy atom. The molecule has 11 heteroatoms. The summed E-state index contributed by atoms with van der Waals surface area (Å²) in [4.78, 5) is 38.7. The monoisotopic (exact) mass is 570 g/mol. The quantitative estimate of drug-likeness (QED) is 0.289. The highest BCUT2D eigenvalue weighted by Crippen LogP contribution is 2.33. The van der Waals surface area contributed by atoms with Crippen LogP contribution in [0.15, 0.2) is 82.3 Å². The van der Waals surface area contributed by atoms with Gasteiger partial charge in [0.15, 0.2) is 11.2 Å². The molecule has 4 heterocycles. The maximum Gasteiger partial charge on any atom is 0.302 e. The van der Waals surface area contributed by atoms with Gasteiger partial charge in [-0.05, 0) is 60.7 Å². The maximum absolute atomic E-state index is 14.1. The smallest absolute Gasteiger partial charge is 0.302 e. The molecule has 0 aliphatic carbocycles. The molecule has 0 aliphatic heterocycles. The van der Waals surface area contributed by atoms with Gasteiger partial charge in [0.2, 0.25) is 5.91 Å². The number of anilines is 2. The summed E-state index contributed by atoms with van der Waals surface area (Å²) < 4.78 is 9.13. The van der Waals surface area contributed by atoms with Gasteiger partial charge in [-0.2, -0.15) is 10.1 Å². The number of nitrogen functional groups attached to an aromatic ring is 1. The number of carbonyl (C=O) groups excluding carboxylic acids is 1. The summed E-state index contributed by atoms with van der Waals surface area (Å²) in [5.74, 6) is -0.00896. The number of oxazole rings is 1. The second-order valence-electron chi connectivity index (χ2n) is 10.4. The number of benzene rings is 3. The van der Waals surface area contributed by atoms with Crippen LogP contribution in [0.5, 0.6) is 0 Å². The number of aryl methyl sites for hydroxylation is 2. The van der Waals surface area contributed by atoms with Crippen molar-refractivity contribution in [1.82, 2.24) is 29.3 Å². The van der Waals surface area contributed by atoms with Gasteiger partial charge in [-0.3, -0.25) is 19.5 Å². The average Bonchev–Trinajstić information content (AvgIpc) is 3.54. The van der Waals surface area contributed by atoms with E-state index in [1.807, 2.05) is 74.5 Å². The van der Waals surface area contributed by atoms with E-state index < -0.39 is 0 Å². The summed E-state index contributed by atoms with van der Waals surface area (Å²) >= 11 is 0. The molecule has 0 aliphatic rings. The van der Waals surface area contributed by atoms with Crippen LogP contribution in [0.3, 0.4) is 0 Å². The number of aromatic nitrogens is 6. The Bertz CT molecular complexity index is 2300. The van der Waals surface area contributed by atoms with Gasteiger partial charge in [0, 0.05) is 18.2 Å².